The van der Waals surface area contributed by atoms with Crippen LogP contribution in [0.25, 0.3) is 0 Å². The zero-order chi connectivity index (χ0) is 10.5. The normalized spacial score (nSPS) is 20.4. The van der Waals surface area contributed by atoms with Gasteiger partial charge in [-0.2, -0.15) is 0 Å². The SMILES string of the molecule is O=C(CCc1ccccc1)[C@H]1CCCN1. The standard InChI is InChI=1S/C13H17NO/c15-13(12-7-4-10-14-12)9-8-11-5-2-1-3-6-11/h1-3,5-6,12,14H,4,7-10H2/t12-/m1/s1. The molecule has 0 saturated carbocycles. The highest BCUT2D eigenvalue weighted by Crippen LogP contribution is 2.10. The Morgan fingerprint density at radius 2 is 2.13 bits per heavy atom. The van der Waals surface area contributed by atoms with E-state index in [2.05, 4.69) is 17.4 Å². The van der Waals surface area contributed by atoms with Gasteiger partial charge in [-0.05, 0) is 31.4 Å². The number of ketones is 1. The van der Waals surface area contributed by atoms with Crippen molar-refractivity contribution in [1.29, 1.82) is 0 Å². The highest BCUT2D eigenvalue weighted by molar-refractivity contribution is 5.84. The van der Waals surface area contributed by atoms with Crippen molar-refractivity contribution in [3.63, 3.8) is 0 Å². The topological polar surface area (TPSA) is 29.1 Å². The molecule has 2 nitrogen and oxygen atoms in total. The summed E-state index contributed by atoms with van der Waals surface area (Å²) < 4.78 is 0. The molecule has 1 atom stereocenters. The highest BCUT2D eigenvalue weighted by Gasteiger charge is 2.20. The van der Waals surface area contributed by atoms with E-state index in [0.29, 0.717) is 12.2 Å². The van der Waals surface area contributed by atoms with E-state index in [1.165, 1.54) is 5.56 Å². The molecule has 1 aromatic carbocycles. The number of rotatable bonds is 4. The molecule has 1 aliphatic heterocycles. The maximum absolute atomic E-state index is 11.8. The molecule has 1 saturated heterocycles. The number of Topliss-reactive ketones (excluding diaryl/α,β-unsaturated/α-hetero) is 1. The van der Waals surface area contributed by atoms with E-state index in [1.54, 1.807) is 0 Å². The number of benzene rings is 1. The van der Waals surface area contributed by atoms with Crippen molar-refractivity contribution >= 4 is 5.78 Å². The van der Waals surface area contributed by atoms with Gasteiger partial charge in [0.05, 0.1) is 6.04 Å². The minimum Gasteiger partial charge on any atom is -0.307 e. The lowest BCUT2D eigenvalue weighted by molar-refractivity contribution is -0.120. The van der Waals surface area contributed by atoms with E-state index >= 15 is 0 Å². The van der Waals surface area contributed by atoms with Gasteiger partial charge in [-0.3, -0.25) is 4.79 Å². The molecule has 2 rings (SSSR count). The summed E-state index contributed by atoms with van der Waals surface area (Å²) in [6.07, 6.45) is 3.70. The Labute approximate surface area is 90.7 Å². The average molecular weight is 203 g/mol. The first kappa shape index (κ1) is 10.4. The van der Waals surface area contributed by atoms with Crippen molar-refractivity contribution in [2.24, 2.45) is 0 Å². The minimum atomic E-state index is 0.133. The third-order valence-corrected chi connectivity index (χ3v) is 2.95. The molecule has 0 radical (unpaired) electrons. The first-order chi connectivity index (χ1) is 7.36. The number of hydrogen-bond donors (Lipinski definition) is 1. The van der Waals surface area contributed by atoms with Crippen molar-refractivity contribution in [3.05, 3.63) is 35.9 Å². The van der Waals surface area contributed by atoms with Crippen molar-refractivity contribution in [2.45, 2.75) is 31.7 Å². The van der Waals surface area contributed by atoms with Crippen LogP contribution in [-0.4, -0.2) is 18.4 Å². The van der Waals surface area contributed by atoms with Crippen LogP contribution in [0.4, 0.5) is 0 Å². The van der Waals surface area contributed by atoms with E-state index < -0.39 is 0 Å². The maximum atomic E-state index is 11.8. The number of carbonyl (C=O) groups is 1. The molecule has 1 aliphatic rings. The molecule has 0 aliphatic carbocycles. The van der Waals surface area contributed by atoms with Gasteiger partial charge in [0, 0.05) is 6.42 Å². The molecule has 1 aromatic rings. The Bertz CT molecular complexity index is 315. The Morgan fingerprint density at radius 1 is 1.33 bits per heavy atom. The maximum Gasteiger partial charge on any atom is 0.150 e. The molecule has 0 aromatic heterocycles. The zero-order valence-electron chi connectivity index (χ0n) is 8.91. The fourth-order valence-electron chi connectivity index (χ4n) is 2.05. The number of carbonyl (C=O) groups excluding carboxylic acids is 1. The van der Waals surface area contributed by atoms with E-state index in [4.69, 9.17) is 0 Å². The predicted octanol–water partition coefficient (Wildman–Crippen LogP) is 1.94. The lowest BCUT2D eigenvalue weighted by Gasteiger charge is -2.08. The lowest BCUT2D eigenvalue weighted by Crippen LogP contribution is -2.30. The number of aryl methyl sites for hydroxylation is 1. The largest absolute Gasteiger partial charge is 0.307 e. The van der Waals surface area contributed by atoms with Gasteiger partial charge in [-0.1, -0.05) is 30.3 Å². The Hall–Kier alpha value is -1.15. The fraction of sp³-hybridized carbons (Fsp3) is 0.462. The van der Waals surface area contributed by atoms with Crippen molar-refractivity contribution < 1.29 is 4.79 Å². The number of nitrogens with one attached hydrogen (secondary N) is 1. The zero-order valence-corrected chi connectivity index (χ0v) is 8.91. The van der Waals surface area contributed by atoms with Gasteiger partial charge < -0.3 is 5.32 Å². The van der Waals surface area contributed by atoms with Crippen LogP contribution in [0.3, 0.4) is 0 Å². The van der Waals surface area contributed by atoms with Crippen LogP contribution in [0.5, 0.6) is 0 Å². The van der Waals surface area contributed by atoms with Crippen molar-refractivity contribution in [2.75, 3.05) is 6.54 Å². The third-order valence-electron chi connectivity index (χ3n) is 2.95. The first-order valence-corrected chi connectivity index (χ1v) is 5.66. The van der Waals surface area contributed by atoms with E-state index in [9.17, 15) is 4.79 Å². The second-order valence-electron chi connectivity index (χ2n) is 4.10. The molecule has 15 heavy (non-hydrogen) atoms. The summed E-state index contributed by atoms with van der Waals surface area (Å²) in [6.45, 7) is 1.00. The van der Waals surface area contributed by atoms with Crippen LogP contribution in [0.1, 0.15) is 24.8 Å². The molecular formula is C13H17NO. The Morgan fingerprint density at radius 3 is 2.80 bits per heavy atom. The van der Waals surface area contributed by atoms with Crippen LogP contribution in [0, 0.1) is 0 Å². The van der Waals surface area contributed by atoms with E-state index in [1.807, 2.05) is 18.2 Å². The van der Waals surface area contributed by atoms with E-state index in [0.717, 1.165) is 25.8 Å². The molecule has 0 amide bonds. The third kappa shape index (κ3) is 2.90. The molecule has 0 unspecified atom stereocenters. The van der Waals surface area contributed by atoms with Crippen molar-refractivity contribution in [1.82, 2.24) is 5.32 Å². The van der Waals surface area contributed by atoms with Gasteiger partial charge in [0.15, 0.2) is 0 Å². The summed E-state index contributed by atoms with van der Waals surface area (Å²) in [4.78, 5) is 11.8. The average Bonchev–Trinajstić information content (AvgIpc) is 2.81. The van der Waals surface area contributed by atoms with Crippen LogP contribution >= 0.6 is 0 Å². The highest BCUT2D eigenvalue weighted by atomic mass is 16.1. The second kappa shape index (κ2) is 5.08. The summed E-state index contributed by atoms with van der Waals surface area (Å²) in [5.41, 5.74) is 1.25. The van der Waals surface area contributed by atoms with Crippen molar-refractivity contribution in [3.8, 4) is 0 Å². The summed E-state index contributed by atoms with van der Waals surface area (Å²) in [7, 11) is 0. The molecule has 0 bridgehead atoms. The molecule has 1 heterocycles. The van der Waals surface area contributed by atoms with Crippen LogP contribution < -0.4 is 5.32 Å². The molecular weight excluding hydrogens is 186 g/mol. The van der Waals surface area contributed by atoms with Crippen LogP contribution in [0.2, 0.25) is 0 Å². The summed E-state index contributed by atoms with van der Waals surface area (Å²) >= 11 is 0. The van der Waals surface area contributed by atoms with Gasteiger partial charge in [-0.15, -0.1) is 0 Å². The van der Waals surface area contributed by atoms with Gasteiger partial charge in [0.2, 0.25) is 0 Å². The second-order valence-corrected chi connectivity index (χ2v) is 4.10. The lowest BCUT2D eigenvalue weighted by atomic mass is 10.0. The van der Waals surface area contributed by atoms with E-state index in [-0.39, 0.29) is 6.04 Å². The summed E-state index contributed by atoms with van der Waals surface area (Å²) in [5.74, 6) is 0.372. The quantitative estimate of drug-likeness (QED) is 0.810. The molecule has 2 heteroatoms. The Balaban J connectivity index is 1.80. The predicted molar refractivity (Wildman–Crippen MR) is 60.8 cm³/mol. The minimum absolute atomic E-state index is 0.133. The van der Waals surface area contributed by atoms with Crippen LogP contribution in [0.15, 0.2) is 30.3 Å². The molecule has 1 N–H and O–H groups in total. The molecule has 0 spiro atoms. The van der Waals surface area contributed by atoms with Gasteiger partial charge in [-0.25, -0.2) is 0 Å². The van der Waals surface area contributed by atoms with Gasteiger partial charge >= 0.3 is 0 Å². The van der Waals surface area contributed by atoms with Gasteiger partial charge in [0.1, 0.15) is 5.78 Å². The monoisotopic (exact) mass is 203 g/mol. The Kier molecular flexibility index (Phi) is 3.51. The molecule has 1 fully saturated rings. The smallest absolute Gasteiger partial charge is 0.150 e. The van der Waals surface area contributed by atoms with Gasteiger partial charge in [0.25, 0.3) is 0 Å². The van der Waals surface area contributed by atoms with Crippen LogP contribution in [-0.2, 0) is 11.2 Å². The number of hydrogen-bond acceptors (Lipinski definition) is 2. The summed E-state index contributed by atoms with van der Waals surface area (Å²) in [6, 6.07) is 10.3. The fourth-order valence-corrected chi connectivity index (χ4v) is 2.05. The first-order valence-electron chi connectivity index (χ1n) is 5.66. The summed E-state index contributed by atoms with van der Waals surface area (Å²) in [5, 5.41) is 3.24. The molecule has 80 valence electrons.